The lowest BCUT2D eigenvalue weighted by Gasteiger charge is -2.30. The molecular weight excluding hydrogens is 448 g/mol. The van der Waals surface area contributed by atoms with Gasteiger partial charge in [0.25, 0.3) is 0 Å². The Hall–Kier alpha value is -2.98. The number of methoxy groups -OCH3 is 4. The number of sulfonamides is 1. The first-order chi connectivity index (χ1) is 15.8. The number of nitrogens with zero attached hydrogens (tertiary/aromatic N) is 1. The monoisotopic (exact) mass is 478 g/mol. The largest absolute Gasteiger partial charge is 0.497 e. The van der Waals surface area contributed by atoms with Crippen molar-refractivity contribution >= 4 is 15.9 Å². The van der Waals surface area contributed by atoms with Crippen LogP contribution >= 0.6 is 0 Å². The summed E-state index contributed by atoms with van der Waals surface area (Å²) in [5, 5.41) is 2.93. The topological polar surface area (TPSA) is 103 Å². The number of carbonyl (C=O) groups is 1. The Kier molecular flexibility index (Phi) is 8.04. The van der Waals surface area contributed by atoms with Crippen molar-refractivity contribution in [1.29, 1.82) is 0 Å². The van der Waals surface area contributed by atoms with Crippen LogP contribution in [0.4, 0.5) is 0 Å². The van der Waals surface area contributed by atoms with E-state index in [0.29, 0.717) is 42.4 Å². The Morgan fingerprint density at radius 3 is 2.00 bits per heavy atom. The highest BCUT2D eigenvalue weighted by Gasteiger charge is 2.32. The number of amides is 1. The molecule has 0 spiro atoms. The van der Waals surface area contributed by atoms with Crippen LogP contribution in [0.15, 0.2) is 41.3 Å². The molecule has 2 aromatic rings. The molecule has 9 nitrogen and oxygen atoms in total. The molecule has 1 aliphatic heterocycles. The van der Waals surface area contributed by atoms with Gasteiger partial charge < -0.3 is 24.3 Å². The quantitative estimate of drug-likeness (QED) is 0.590. The van der Waals surface area contributed by atoms with E-state index < -0.39 is 10.0 Å². The molecule has 0 atom stereocenters. The Balaban J connectivity index is 1.58. The third-order valence-corrected chi connectivity index (χ3v) is 7.63. The van der Waals surface area contributed by atoms with Gasteiger partial charge >= 0.3 is 0 Å². The van der Waals surface area contributed by atoms with Crippen molar-refractivity contribution in [3.05, 3.63) is 42.0 Å². The van der Waals surface area contributed by atoms with E-state index in [0.717, 1.165) is 5.56 Å². The van der Waals surface area contributed by atoms with E-state index in [1.807, 2.05) is 0 Å². The van der Waals surface area contributed by atoms with Gasteiger partial charge in [-0.2, -0.15) is 4.31 Å². The van der Waals surface area contributed by atoms with Crippen molar-refractivity contribution in [3.63, 3.8) is 0 Å². The highest BCUT2D eigenvalue weighted by molar-refractivity contribution is 7.89. The van der Waals surface area contributed by atoms with Gasteiger partial charge in [0.05, 0.1) is 33.3 Å². The van der Waals surface area contributed by atoms with Crippen molar-refractivity contribution in [2.45, 2.75) is 24.3 Å². The summed E-state index contributed by atoms with van der Waals surface area (Å²) in [6.07, 6.45) is 0.910. The standard InChI is InChI=1S/C23H30N2O7S/c1-29-18-5-7-19(8-6-18)33(27,28)25-11-9-17(10-12-25)23(26)24-15-16-13-20(30-2)22(32-4)21(14-16)31-3/h5-8,13-14,17H,9-12,15H2,1-4H3,(H,24,26). The van der Waals surface area contributed by atoms with Gasteiger partial charge in [0.1, 0.15) is 5.75 Å². The summed E-state index contributed by atoms with van der Waals surface area (Å²) < 4.78 is 48.3. The van der Waals surface area contributed by atoms with Crippen molar-refractivity contribution < 1.29 is 32.2 Å². The third-order valence-electron chi connectivity index (χ3n) is 5.71. The summed E-state index contributed by atoms with van der Waals surface area (Å²) in [4.78, 5) is 12.9. The minimum Gasteiger partial charge on any atom is -0.497 e. The molecule has 2 aromatic carbocycles. The van der Waals surface area contributed by atoms with Crippen LogP contribution in [0, 0.1) is 5.92 Å². The van der Waals surface area contributed by atoms with Gasteiger partial charge in [0, 0.05) is 25.6 Å². The van der Waals surface area contributed by atoms with Crippen LogP contribution in [-0.2, 0) is 21.4 Å². The van der Waals surface area contributed by atoms with Gasteiger partial charge in [-0.05, 0) is 54.8 Å². The van der Waals surface area contributed by atoms with Crippen LogP contribution < -0.4 is 24.3 Å². The molecule has 33 heavy (non-hydrogen) atoms. The predicted octanol–water partition coefficient (Wildman–Crippen LogP) is 2.44. The van der Waals surface area contributed by atoms with Crippen LogP contribution in [0.25, 0.3) is 0 Å². The van der Waals surface area contributed by atoms with Gasteiger partial charge in [0.15, 0.2) is 11.5 Å². The lowest BCUT2D eigenvalue weighted by Crippen LogP contribution is -2.42. The summed E-state index contributed by atoms with van der Waals surface area (Å²) in [7, 11) is 2.52. The zero-order chi connectivity index (χ0) is 24.0. The number of piperidine rings is 1. The lowest BCUT2D eigenvalue weighted by atomic mass is 9.97. The first-order valence-electron chi connectivity index (χ1n) is 10.5. The normalized spacial score (nSPS) is 15.0. The molecule has 180 valence electrons. The molecule has 1 aliphatic rings. The first kappa shape index (κ1) is 24.7. The van der Waals surface area contributed by atoms with Gasteiger partial charge in [-0.25, -0.2) is 8.42 Å². The van der Waals surface area contributed by atoms with E-state index in [-0.39, 0.29) is 29.8 Å². The maximum atomic E-state index is 12.9. The van der Waals surface area contributed by atoms with Gasteiger partial charge in [-0.1, -0.05) is 0 Å². The number of ether oxygens (including phenoxy) is 4. The molecule has 1 amide bonds. The average molecular weight is 479 g/mol. The third kappa shape index (κ3) is 5.51. The fourth-order valence-corrected chi connectivity index (χ4v) is 5.30. The lowest BCUT2D eigenvalue weighted by molar-refractivity contribution is -0.126. The average Bonchev–Trinajstić information content (AvgIpc) is 2.86. The zero-order valence-corrected chi connectivity index (χ0v) is 20.1. The zero-order valence-electron chi connectivity index (χ0n) is 19.3. The van der Waals surface area contributed by atoms with Crippen LogP contribution in [-0.4, -0.2) is 60.2 Å². The summed E-state index contributed by atoms with van der Waals surface area (Å²) in [5.74, 6) is 1.74. The summed E-state index contributed by atoms with van der Waals surface area (Å²) >= 11 is 0. The highest BCUT2D eigenvalue weighted by atomic mass is 32.2. The minimum atomic E-state index is -3.61. The first-order valence-corrected chi connectivity index (χ1v) is 12.0. The van der Waals surface area contributed by atoms with Gasteiger partial charge in [-0.15, -0.1) is 0 Å². The molecule has 1 heterocycles. The molecule has 1 N–H and O–H groups in total. The molecular formula is C23H30N2O7S. The maximum Gasteiger partial charge on any atom is 0.243 e. The second-order valence-electron chi connectivity index (χ2n) is 7.61. The highest BCUT2D eigenvalue weighted by Crippen LogP contribution is 2.38. The fourth-order valence-electron chi connectivity index (χ4n) is 3.83. The molecule has 0 aliphatic carbocycles. The predicted molar refractivity (Wildman–Crippen MR) is 122 cm³/mol. The Labute approximate surface area is 194 Å². The second kappa shape index (κ2) is 10.8. The number of hydrogen-bond acceptors (Lipinski definition) is 7. The summed E-state index contributed by atoms with van der Waals surface area (Å²) in [5.41, 5.74) is 0.803. The molecule has 0 saturated carbocycles. The van der Waals surface area contributed by atoms with Crippen molar-refractivity contribution in [2.75, 3.05) is 41.5 Å². The Morgan fingerprint density at radius 2 is 1.52 bits per heavy atom. The number of nitrogens with one attached hydrogen (secondary N) is 1. The van der Waals surface area contributed by atoms with Crippen LogP contribution in [0.3, 0.4) is 0 Å². The molecule has 0 bridgehead atoms. The minimum absolute atomic E-state index is 0.106. The van der Waals surface area contributed by atoms with Gasteiger partial charge in [-0.3, -0.25) is 4.79 Å². The van der Waals surface area contributed by atoms with Crippen LogP contribution in [0.1, 0.15) is 18.4 Å². The molecule has 0 radical (unpaired) electrons. The van der Waals surface area contributed by atoms with Crippen LogP contribution in [0.5, 0.6) is 23.0 Å². The smallest absolute Gasteiger partial charge is 0.243 e. The Bertz CT molecular complexity index is 1040. The van der Waals surface area contributed by atoms with E-state index >= 15 is 0 Å². The van der Waals surface area contributed by atoms with Crippen molar-refractivity contribution in [2.24, 2.45) is 5.92 Å². The van der Waals surface area contributed by atoms with Crippen molar-refractivity contribution in [3.8, 4) is 23.0 Å². The summed E-state index contributed by atoms with van der Waals surface area (Å²) in [6.45, 7) is 0.868. The van der Waals surface area contributed by atoms with E-state index in [1.165, 1.54) is 44.9 Å². The fraction of sp³-hybridized carbons (Fsp3) is 0.435. The summed E-state index contributed by atoms with van der Waals surface area (Å²) in [6, 6.07) is 9.87. The Morgan fingerprint density at radius 1 is 0.939 bits per heavy atom. The molecule has 10 heteroatoms. The van der Waals surface area contributed by atoms with E-state index in [2.05, 4.69) is 5.32 Å². The molecule has 1 fully saturated rings. The SMILES string of the molecule is COc1ccc(S(=O)(=O)N2CCC(C(=O)NCc3cc(OC)c(OC)c(OC)c3)CC2)cc1. The molecule has 0 aromatic heterocycles. The van der Waals surface area contributed by atoms with E-state index in [9.17, 15) is 13.2 Å². The number of rotatable bonds is 9. The van der Waals surface area contributed by atoms with E-state index in [4.69, 9.17) is 18.9 Å². The molecule has 1 saturated heterocycles. The van der Waals surface area contributed by atoms with Crippen molar-refractivity contribution in [1.82, 2.24) is 9.62 Å². The number of benzene rings is 2. The van der Waals surface area contributed by atoms with Crippen LogP contribution in [0.2, 0.25) is 0 Å². The number of carbonyl (C=O) groups excluding carboxylic acids is 1. The van der Waals surface area contributed by atoms with E-state index in [1.54, 1.807) is 24.3 Å². The van der Waals surface area contributed by atoms with Gasteiger partial charge in [0.2, 0.25) is 21.7 Å². The number of hydrogen-bond donors (Lipinski definition) is 1. The molecule has 0 unspecified atom stereocenters. The molecule has 3 rings (SSSR count). The second-order valence-corrected chi connectivity index (χ2v) is 9.54. The maximum absolute atomic E-state index is 12.9.